The van der Waals surface area contributed by atoms with Crippen LogP contribution in [0.25, 0.3) is 0 Å². The summed E-state index contributed by atoms with van der Waals surface area (Å²) >= 11 is 6.47. The molecule has 0 radical (unpaired) electrons. The third kappa shape index (κ3) is 7.20. The number of nitrogens with zero attached hydrogens (tertiary/aromatic N) is 5. The van der Waals surface area contributed by atoms with Crippen LogP contribution in [0, 0.1) is 0 Å². The third-order valence-corrected chi connectivity index (χ3v) is 9.45. The van der Waals surface area contributed by atoms with E-state index >= 15 is 0 Å². The van der Waals surface area contributed by atoms with Gasteiger partial charge in [0, 0.05) is 71.3 Å². The molecule has 1 aromatic heterocycles. The number of rotatable bonds is 10. The molecule has 2 saturated heterocycles. The molecule has 0 amide bonds. The van der Waals surface area contributed by atoms with Crippen LogP contribution in [0.4, 0.5) is 28.8 Å². The molecule has 5 rings (SSSR count). The minimum absolute atomic E-state index is 0.400. The second-order valence-corrected chi connectivity index (χ2v) is 12.4. The third-order valence-electron chi connectivity index (χ3n) is 7.72. The summed E-state index contributed by atoms with van der Waals surface area (Å²) in [6.07, 6.45) is 3.91. The van der Waals surface area contributed by atoms with E-state index in [9.17, 15) is 0 Å². The molecule has 10 nitrogen and oxygen atoms in total. The van der Waals surface area contributed by atoms with E-state index in [4.69, 9.17) is 25.4 Å². The monoisotopic (exact) mass is 599 g/mol. The van der Waals surface area contributed by atoms with Gasteiger partial charge < -0.3 is 34.2 Å². The first-order chi connectivity index (χ1) is 20.0. The Hall–Kier alpha value is -2.72. The van der Waals surface area contributed by atoms with Gasteiger partial charge in [-0.25, -0.2) is 4.98 Å². The maximum atomic E-state index is 6.47. The standard InChI is InChI=1S/C29H39ClN7O3P/c1-35-15-17-36(18-16-35)22-11-13-37(14-12-22)25-10-9-21(19-26(25)38-2)32-29-31-20-23(30)28(34-29)33-24-7-5-6-8-27(24)41(39-3)40-4/h5-10,19-20,22H,11-18H2,1-4H3,(H2,31,32,33,34). The highest BCUT2D eigenvalue weighted by Crippen LogP contribution is 2.39. The molecule has 3 aromatic rings. The number of halogens is 1. The summed E-state index contributed by atoms with van der Waals surface area (Å²) in [5.41, 5.74) is 2.74. The molecule has 0 saturated carbocycles. The van der Waals surface area contributed by atoms with Gasteiger partial charge in [0.2, 0.25) is 14.3 Å². The number of likely N-dealkylation sites (N-methyl/N-ethyl adjacent to an activating group) is 1. The van der Waals surface area contributed by atoms with E-state index in [0.717, 1.165) is 54.3 Å². The van der Waals surface area contributed by atoms with Crippen LogP contribution in [0.3, 0.4) is 0 Å². The molecule has 12 heteroatoms. The minimum atomic E-state index is -1.23. The first kappa shape index (κ1) is 29.8. The van der Waals surface area contributed by atoms with Crippen molar-refractivity contribution in [2.24, 2.45) is 0 Å². The van der Waals surface area contributed by atoms with Crippen molar-refractivity contribution in [3.05, 3.63) is 53.7 Å². The Labute approximate surface area is 248 Å². The summed E-state index contributed by atoms with van der Waals surface area (Å²) in [6.45, 7) is 6.70. The Morgan fingerprint density at radius 1 is 0.927 bits per heavy atom. The average molecular weight is 600 g/mol. The smallest absolute Gasteiger partial charge is 0.229 e. The van der Waals surface area contributed by atoms with Crippen LogP contribution in [0.1, 0.15) is 12.8 Å². The van der Waals surface area contributed by atoms with Gasteiger partial charge in [0.1, 0.15) is 10.8 Å². The van der Waals surface area contributed by atoms with Gasteiger partial charge >= 0.3 is 0 Å². The second-order valence-electron chi connectivity index (χ2n) is 10.2. The van der Waals surface area contributed by atoms with Gasteiger partial charge in [-0.3, -0.25) is 4.90 Å². The highest BCUT2D eigenvalue weighted by Gasteiger charge is 2.28. The lowest BCUT2D eigenvalue weighted by Gasteiger charge is -2.42. The lowest BCUT2D eigenvalue weighted by atomic mass is 10.0. The minimum Gasteiger partial charge on any atom is -0.495 e. The predicted octanol–water partition coefficient (Wildman–Crippen LogP) is 5.07. The summed E-state index contributed by atoms with van der Waals surface area (Å²) in [4.78, 5) is 16.6. The van der Waals surface area contributed by atoms with Gasteiger partial charge in [-0.05, 0) is 44.2 Å². The average Bonchev–Trinajstić information content (AvgIpc) is 3.01. The van der Waals surface area contributed by atoms with Crippen molar-refractivity contribution in [2.75, 3.05) is 83.2 Å². The molecule has 2 aliphatic heterocycles. The molecular formula is C29H39ClN7O3P. The van der Waals surface area contributed by atoms with Crippen molar-refractivity contribution in [3.63, 3.8) is 0 Å². The van der Waals surface area contributed by atoms with E-state index < -0.39 is 8.38 Å². The first-order valence-corrected chi connectivity index (χ1v) is 15.4. The Bertz CT molecular complexity index is 1300. The van der Waals surface area contributed by atoms with Gasteiger partial charge in [0.25, 0.3) is 0 Å². The Kier molecular flexibility index (Phi) is 10.1. The summed E-state index contributed by atoms with van der Waals surface area (Å²) < 4.78 is 16.8. The number of benzene rings is 2. The predicted molar refractivity (Wildman–Crippen MR) is 168 cm³/mol. The SMILES string of the molecule is COc1cc(Nc2ncc(Cl)c(Nc3ccccc3P(OC)OC)n2)ccc1N1CCC(N2CCN(C)CC2)CC1. The topological polar surface area (TPSA) is 87.2 Å². The number of hydrogen-bond donors (Lipinski definition) is 2. The molecule has 3 heterocycles. The normalized spacial score (nSPS) is 17.2. The summed E-state index contributed by atoms with van der Waals surface area (Å²) in [5, 5.41) is 7.91. The molecule has 41 heavy (non-hydrogen) atoms. The number of ether oxygens (including phenoxy) is 1. The zero-order valence-corrected chi connectivity index (χ0v) is 25.8. The van der Waals surface area contributed by atoms with Gasteiger partial charge in [-0.15, -0.1) is 0 Å². The molecule has 2 aromatic carbocycles. The van der Waals surface area contributed by atoms with Crippen molar-refractivity contribution < 1.29 is 13.8 Å². The van der Waals surface area contributed by atoms with Crippen molar-refractivity contribution in [1.82, 2.24) is 19.8 Å². The summed E-state index contributed by atoms with van der Waals surface area (Å²) in [5.74, 6) is 1.71. The van der Waals surface area contributed by atoms with E-state index in [-0.39, 0.29) is 0 Å². The number of methoxy groups -OCH3 is 1. The Balaban J connectivity index is 1.26. The molecule has 0 unspecified atom stereocenters. The number of piperidine rings is 1. The molecule has 2 aliphatic rings. The van der Waals surface area contributed by atoms with Crippen LogP contribution in [-0.2, 0) is 9.05 Å². The maximum Gasteiger partial charge on any atom is 0.229 e. The van der Waals surface area contributed by atoms with Gasteiger partial charge in [-0.1, -0.05) is 23.7 Å². The molecule has 2 fully saturated rings. The van der Waals surface area contributed by atoms with Crippen LogP contribution >= 0.6 is 20.0 Å². The van der Waals surface area contributed by atoms with Crippen LogP contribution < -0.4 is 25.6 Å². The molecule has 2 N–H and O–H groups in total. The Morgan fingerprint density at radius 2 is 1.66 bits per heavy atom. The fourth-order valence-electron chi connectivity index (χ4n) is 5.46. The quantitative estimate of drug-likeness (QED) is 0.308. The number of para-hydroxylation sites is 1. The van der Waals surface area contributed by atoms with E-state index in [0.29, 0.717) is 22.8 Å². The number of hydrogen-bond acceptors (Lipinski definition) is 10. The molecule has 0 spiro atoms. The molecule has 0 atom stereocenters. The maximum absolute atomic E-state index is 6.47. The summed E-state index contributed by atoms with van der Waals surface area (Å²) in [7, 11) is 5.94. The zero-order chi connectivity index (χ0) is 28.8. The van der Waals surface area contributed by atoms with E-state index in [1.807, 2.05) is 36.4 Å². The van der Waals surface area contributed by atoms with Crippen molar-refractivity contribution in [2.45, 2.75) is 18.9 Å². The van der Waals surface area contributed by atoms with Crippen LogP contribution in [0.2, 0.25) is 5.02 Å². The number of aromatic nitrogens is 2. The number of anilines is 5. The largest absolute Gasteiger partial charge is 0.495 e. The van der Waals surface area contributed by atoms with E-state index in [1.54, 1.807) is 27.5 Å². The fourth-order valence-corrected chi connectivity index (χ4v) is 6.67. The van der Waals surface area contributed by atoms with Crippen molar-refractivity contribution >= 4 is 54.1 Å². The Morgan fingerprint density at radius 3 is 2.37 bits per heavy atom. The van der Waals surface area contributed by atoms with E-state index in [1.165, 1.54) is 25.9 Å². The molecule has 0 bridgehead atoms. The second kappa shape index (κ2) is 14.0. The zero-order valence-electron chi connectivity index (χ0n) is 24.1. The van der Waals surface area contributed by atoms with Crippen LogP contribution in [0.15, 0.2) is 48.7 Å². The molecule has 220 valence electrons. The van der Waals surface area contributed by atoms with Crippen LogP contribution in [-0.4, -0.2) is 93.5 Å². The lowest BCUT2D eigenvalue weighted by Crippen LogP contribution is -2.52. The van der Waals surface area contributed by atoms with Crippen molar-refractivity contribution in [1.29, 1.82) is 0 Å². The fraction of sp³-hybridized carbons (Fsp3) is 0.448. The highest BCUT2D eigenvalue weighted by atomic mass is 35.5. The molecular weight excluding hydrogens is 561 g/mol. The van der Waals surface area contributed by atoms with E-state index in [2.05, 4.69) is 48.4 Å². The first-order valence-electron chi connectivity index (χ1n) is 13.9. The number of piperazine rings is 1. The molecule has 0 aliphatic carbocycles. The van der Waals surface area contributed by atoms with Gasteiger partial charge in [-0.2, -0.15) is 4.98 Å². The lowest BCUT2D eigenvalue weighted by molar-refractivity contribution is 0.0981. The van der Waals surface area contributed by atoms with Crippen LogP contribution in [0.5, 0.6) is 5.75 Å². The number of nitrogens with one attached hydrogen (secondary N) is 2. The summed E-state index contributed by atoms with van der Waals surface area (Å²) in [6, 6.07) is 14.6. The van der Waals surface area contributed by atoms with Gasteiger partial charge in [0.15, 0.2) is 5.82 Å². The van der Waals surface area contributed by atoms with Crippen molar-refractivity contribution in [3.8, 4) is 5.75 Å². The highest BCUT2D eigenvalue weighted by molar-refractivity contribution is 7.56. The van der Waals surface area contributed by atoms with Gasteiger partial charge in [0.05, 0.1) is 30.0 Å².